The Morgan fingerprint density at radius 2 is 2.04 bits per heavy atom. The smallest absolute Gasteiger partial charge is 0.275 e. The molecule has 0 radical (unpaired) electrons. The minimum Gasteiger partial charge on any atom is -0.497 e. The number of anilines is 1. The summed E-state index contributed by atoms with van der Waals surface area (Å²) in [5, 5.41) is 5.48. The van der Waals surface area contributed by atoms with Crippen molar-refractivity contribution in [3.8, 4) is 5.75 Å². The van der Waals surface area contributed by atoms with Crippen LogP contribution in [0.4, 0.5) is 5.69 Å². The van der Waals surface area contributed by atoms with Crippen LogP contribution in [0.2, 0.25) is 0 Å². The maximum Gasteiger partial charge on any atom is 0.275 e. The highest BCUT2D eigenvalue weighted by atomic mass is 16.5. The molecule has 1 aromatic carbocycles. The molecule has 1 aliphatic rings. The van der Waals surface area contributed by atoms with Gasteiger partial charge in [0.05, 0.1) is 33.3 Å². The zero-order chi connectivity index (χ0) is 18.2. The fourth-order valence-electron chi connectivity index (χ4n) is 2.98. The molecular formula is C18H29N4O3+. The zero-order valence-electron chi connectivity index (χ0n) is 15.3. The normalized spacial score (nSPS) is 16.2. The van der Waals surface area contributed by atoms with E-state index in [2.05, 4.69) is 21.6 Å². The third kappa shape index (κ3) is 5.63. The first kappa shape index (κ1) is 19.1. The number of hydrogen-bond donors (Lipinski definition) is 3. The van der Waals surface area contributed by atoms with E-state index in [1.807, 2.05) is 25.1 Å². The van der Waals surface area contributed by atoms with Crippen LogP contribution in [0.1, 0.15) is 13.8 Å². The minimum absolute atomic E-state index is 0.0800. The SMILES string of the molecule is CCNC(=O)[C@H](C)NC(=O)C[NH+]1CCN(c2cccc(OC)c2)CC1. The maximum absolute atomic E-state index is 12.1. The third-order valence-electron chi connectivity index (χ3n) is 4.42. The topological polar surface area (TPSA) is 75.1 Å². The van der Waals surface area contributed by atoms with Crippen molar-refractivity contribution >= 4 is 17.5 Å². The monoisotopic (exact) mass is 349 g/mol. The van der Waals surface area contributed by atoms with E-state index >= 15 is 0 Å². The van der Waals surface area contributed by atoms with Gasteiger partial charge in [-0.25, -0.2) is 0 Å². The van der Waals surface area contributed by atoms with E-state index in [4.69, 9.17) is 4.74 Å². The van der Waals surface area contributed by atoms with Crippen molar-refractivity contribution in [1.82, 2.24) is 10.6 Å². The molecule has 1 aromatic rings. The first-order valence-electron chi connectivity index (χ1n) is 8.83. The van der Waals surface area contributed by atoms with Gasteiger partial charge < -0.3 is 25.2 Å². The summed E-state index contributed by atoms with van der Waals surface area (Å²) in [5.41, 5.74) is 1.15. The average molecular weight is 349 g/mol. The third-order valence-corrected chi connectivity index (χ3v) is 4.42. The summed E-state index contributed by atoms with van der Waals surface area (Å²) in [6.45, 7) is 8.09. The second-order valence-electron chi connectivity index (χ2n) is 6.30. The maximum atomic E-state index is 12.1. The zero-order valence-corrected chi connectivity index (χ0v) is 15.3. The lowest BCUT2D eigenvalue weighted by Gasteiger charge is -2.33. The number of ether oxygens (including phenoxy) is 1. The largest absolute Gasteiger partial charge is 0.497 e. The van der Waals surface area contributed by atoms with Gasteiger partial charge in [0.15, 0.2) is 6.54 Å². The molecule has 1 heterocycles. The van der Waals surface area contributed by atoms with Gasteiger partial charge in [-0.1, -0.05) is 6.07 Å². The molecule has 3 N–H and O–H groups in total. The van der Waals surface area contributed by atoms with E-state index < -0.39 is 6.04 Å². The van der Waals surface area contributed by atoms with Gasteiger partial charge in [0.1, 0.15) is 11.8 Å². The van der Waals surface area contributed by atoms with E-state index in [-0.39, 0.29) is 11.8 Å². The number of amides is 2. The minimum atomic E-state index is -0.495. The number of methoxy groups -OCH3 is 1. The van der Waals surface area contributed by atoms with Gasteiger partial charge in [-0.05, 0) is 26.0 Å². The molecule has 1 atom stereocenters. The van der Waals surface area contributed by atoms with Crippen LogP contribution in [-0.4, -0.2) is 64.2 Å². The molecule has 7 heteroatoms. The molecule has 138 valence electrons. The Bertz CT molecular complexity index is 585. The van der Waals surface area contributed by atoms with Gasteiger partial charge in [0.25, 0.3) is 5.91 Å². The summed E-state index contributed by atoms with van der Waals surface area (Å²) in [7, 11) is 1.67. The average Bonchev–Trinajstić information content (AvgIpc) is 2.62. The molecule has 2 amide bonds. The molecule has 0 saturated carbocycles. The van der Waals surface area contributed by atoms with Crippen molar-refractivity contribution in [2.75, 3.05) is 51.3 Å². The Balaban J connectivity index is 1.78. The number of nitrogens with zero attached hydrogens (tertiary/aromatic N) is 1. The standard InChI is InChI=1S/C18H28N4O3/c1-4-19-18(24)14(2)20-17(23)13-21-8-10-22(11-9-21)15-6-5-7-16(12-15)25-3/h5-7,12,14H,4,8-11,13H2,1-3H3,(H,19,24)(H,20,23)/p+1/t14-/m0/s1. The summed E-state index contributed by atoms with van der Waals surface area (Å²) in [4.78, 5) is 27.3. The van der Waals surface area contributed by atoms with Crippen molar-refractivity contribution < 1.29 is 19.2 Å². The van der Waals surface area contributed by atoms with Crippen LogP contribution in [0.5, 0.6) is 5.75 Å². The van der Waals surface area contributed by atoms with Crippen molar-refractivity contribution in [1.29, 1.82) is 0 Å². The molecule has 0 aliphatic carbocycles. The van der Waals surface area contributed by atoms with Crippen molar-refractivity contribution in [2.24, 2.45) is 0 Å². The van der Waals surface area contributed by atoms with Crippen molar-refractivity contribution in [3.63, 3.8) is 0 Å². The molecule has 0 spiro atoms. The summed E-state index contributed by atoms with van der Waals surface area (Å²) in [6.07, 6.45) is 0. The second-order valence-corrected chi connectivity index (χ2v) is 6.30. The number of carbonyl (C=O) groups is 2. The summed E-state index contributed by atoms with van der Waals surface area (Å²) >= 11 is 0. The van der Waals surface area contributed by atoms with Gasteiger partial charge >= 0.3 is 0 Å². The number of nitrogens with one attached hydrogen (secondary N) is 3. The van der Waals surface area contributed by atoms with Gasteiger partial charge in [-0.2, -0.15) is 0 Å². The number of quaternary nitrogens is 1. The van der Waals surface area contributed by atoms with Crippen LogP contribution in [-0.2, 0) is 9.59 Å². The predicted molar refractivity (Wildman–Crippen MR) is 97.1 cm³/mol. The van der Waals surface area contributed by atoms with Crippen LogP contribution < -0.4 is 25.2 Å². The van der Waals surface area contributed by atoms with Gasteiger partial charge in [-0.3, -0.25) is 9.59 Å². The lowest BCUT2D eigenvalue weighted by Crippen LogP contribution is -3.16. The Morgan fingerprint density at radius 3 is 2.68 bits per heavy atom. The molecule has 2 rings (SSSR count). The van der Waals surface area contributed by atoms with Gasteiger partial charge in [0, 0.05) is 18.3 Å². The molecular weight excluding hydrogens is 320 g/mol. The van der Waals surface area contributed by atoms with Crippen molar-refractivity contribution in [3.05, 3.63) is 24.3 Å². The quantitative estimate of drug-likeness (QED) is 0.593. The summed E-state index contributed by atoms with van der Waals surface area (Å²) < 4.78 is 5.28. The van der Waals surface area contributed by atoms with Crippen molar-refractivity contribution in [2.45, 2.75) is 19.9 Å². The van der Waals surface area contributed by atoms with E-state index in [9.17, 15) is 9.59 Å². The highest BCUT2D eigenvalue weighted by molar-refractivity contribution is 5.87. The summed E-state index contributed by atoms with van der Waals surface area (Å²) in [5.74, 6) is 0.628. The highest BCUT2D eigenvalue weighted by Gasteiger charge is 2.24. The molecule has 25 heavy (non-hydrogen) atoms. The molecule has 1 aliphatic heterocycles. The van der Waals surface area contributed by atoms with Crippen LogP contribution in [0.15, 0.2) is 24.3 Å². The van der Waals surface area contributed by atoms with E-state index in [0.29, 0.717) is 13.1 Å². The highest BCUT2D eigenvalue weighted by Crippen LogP contribution is 2.20. The van der Waals surface area contributed by atoms with E-state index in [0.717, 1.165) is 37.6 Å². The van der Waals surface area contributed by atoms with Gasteiger partial charge in [0.2, 0.25) is 5.91 Å². The first-order chi connectivity index (χ1) is 12.0. The fourth-order valence-corrected chi connectivity index (χ4v) is 2.98. The molecule has 1 saturated heterocycles. The molecule has 0 aromatic heterocycles. The molecule has 0 bridgehead atoms. The lowest BCUT2D eigenvalue weighted by molar-refractivity contribution is -0.892. The Morgan fingerprint density at radius 1 is 1.32 bits per heavy atom. The predicted octanol–water partition coefficient (Wildman–Crippen LogP) is -0.959. The first-order valence-corrected chi connectivity index (χ1v) is 8.83. The number of rotatable bonds is 7. The number of carbonyl (C=O) groups excluding carboxylic acids is 2. The molecule has 0 unspecified atom stereocenters. The fraction of sp³-hybridized carbons (Fsp3) is 0.556. The number of benzene rings is 1. The summed E-state index contributed by atoms with van der Waals surface area (Å²) in [6, 6.07) is 7.54. The Labute approximate surface area is 149 Å². The van der Waals surface area contributed by atoms with Crippen LogP contribution in [0.3, 0.4) is 0 Å². The molecule has 7 nitrogen and oxygen atoms in total. The van der Waals surface area contributed by atoms with E-state index in [1.165, 1.54) is 4.90 Å². The lowest BCUT2D eigenvalue weighted by atomic mass is 10.2. The van der Waals surface area contributed by atoms with Crippen LogP contribution >= 0.6 is 0 Å². The van der Waals surface area contributed by atoms with Gasteiger partial charge in [-0.15, -0.1) is 0 Å². The number of piperazine rings is 1. The van der Waals surface area contributed by atoms with Crippen LogP contribution in [0, 0.1) is 0 Å². The van der Waals surface area contributed by atoms with E-state index in [1.54, 1.807) is 14.0 Å². The Kier molecular flexibility index (Phi) is 7.06. The Hall–Kier alpha value is -2.28. The number of hydrogen-bond acceptors (Lipinski definition) is 4. The number of likely N-dealkylation sites (N-methyl/N-ethyl adjacent to an activating group) is 1. The van der Waals surface area contributed by atoms with Crippen LogP contribution in [0.25, 0.3) is 0 Å². The second kappa shape index (κ2) is 9.27. The molecule has 1 fully saturated rings.